The molecule has 5 heteroatoms. The zero-order chi connectivity index (χ0) is 13.3. The Morgan fingerprint density at radius 1 is 1.33 bits per heavy atom. The average molecular weight is 249 g/mol. The second-order valence-corrected chi connectivity index (χ2v) is 3.81. The van der Waals surface area contributed by atoms with E-state index in [1.807, 2.05) is 0 Å². The van der Waals surface area contributed by atoms with Crippen molar-refractivity contribution in [3.05, 3.63) is 41.8 Å². The highest BCUT2D eigenvalue weighted by molar-refractivity contribution is 5.87. The number of hydrogen-bond acceptors (Lipinski definition) is 2. The van der Waals surface area contributed by atoms with Crippen LogP contribution in [0.25, 0.3) is 11.3 Å². The molecule has 0 fully saturated rings. The van der Waals surface area contributed by atoms with Crippen molar-refractivity contribution in [2.75, 3.05) is 7.11 Å². The van der Waals surface area contributed by atoms with Crippen LogP contribution in [0.1, 0.15) is 10.5 Å². The molecule has 2 aromatic rings. The van der Waals surface area contributed by atoms with Crippen molar-refractivity contribution in [1.82, 2.24) is 4.57 Å². The molecule has 0 amide bonds. The van der Waals surface area contributed by atoms with E-state index in [-0.39, 0.29) is 5.69 Å². The minimum atomic E-state index is -1.03. The van der Waals surface area contributed by atoms with Crippen LogP contribution >= 0.6 is 0 Å². The lowest BCUT2D eigenvalue weighted by atomic mass is 10.1. The van der Waals surface area contributed by atoms with Crippen molar-refractivity contribution in [3.8, 4) is 17.0 Å². The first kappa shape index (κ1) is 12.2. The first-order chi connectivity index (χ1) is 8.54. The number of ether oxygens (including phenoxy) is 1. The third-order valence-electron chi connectivity index (χ3n) is 2.78. The Kier molecular flexibility index (Phi) is 3.06. The summed E-state index contributed by atoms with van der Waals surface area (Å²) in [5, 5.41) is 8.98. The molecule has 1 N–H and O–H groups in total. The van der Waals surface area contributed by atoms with Gasteiger partial charge in [-0.25, -0.2) is 9.18 Å². The fraction of sp³-hybridized carbons (Fsp3) is 0.154. The third-order valence-corrected chi connectivity index (χ3v) is 2.78. The van der Waals surface area contributed by atoms with Crippen LogP contribution in [0.2, 0.25) is 0 Å². The van der Waals surface area contributed by atoms with Crippen LogP contribution in [0.4, 0.5) is 4.39 Å². The van der Waals surface area contributed by atoms with Gasteiger partial charge in [-0.2, -0.15) is 0 Å². The van der Waals surface area contributed by atoms with Gasteiger partial charge in [-0.3, -0.25) is 0 Å². The van der Waals surface area contributed by atoms with E-state index in [1.54, 1.807) is 13.1 Å². The Morgan fingerprint density at radius 3 is 2.61 bits per heavy atom. The molecule has 1 aromatic heterocycles. The Morgan fingerprint density at radius 2 is 2.06 bits per heavy atom. The van der Waals surface area contributed by atoms with Crippen LogP contribution in [-0.4, -0.2) is 22.8 Å². The van der Waals surface area contributed by atoms with Gasteiger partial charge in [0.25, 0.3) is 0 Å². The van der Waals surface area contributed by atoms with Crippen molar-refractivity contribution in [1.29, 1.82) is 0 Å². The molecule has 1 aromatic carbocycles. The van der Waals surface area contributed by atoms with Crippen LogP contribution < -0.4 is 4.74 Å². The summed E-state index contributed by atoms with van der Waals surface area (Å²) in [5.74, 6) is -0.933. The van der Waals surface area contributed by atoms with Gasteiger partial charge >= 0.3 is 5.97 Å². The molecule has 0 radical (unpaired) electrons. The van der Waals surface area contributed by atoms with Gasteiger partial charge in [0.2, 0.25) is 0 Å². The van der Waals surface area contributed by atoms with E-state index in [0.717, 1.165) is 0 Å². The van der Waals surface area contributed by atoms with Gasteiger partial charge in [0.1, 0.15) is 17.3 Å². The van der Waals surface area contributed by atoms with Gasteiger partial charge in [-0.1, -0.05) is 0 Å². The molecule has 0 saturated heterocycles. The van der Waals surface area contributed by atoms with Gasteiger partial charge in [0, 0.05) is 12.6 Å². The Balaban J connectivity index is 2.61. The minimum Gasteiger partial charge on any atom is -0.496 e. The molecule has 0 aliphatic rings. The fourth-order valence-corrected chi connectivity index (χ4v) is 1.88. The molecule has 0 atom stereocenters. The number of hydrogen-bond donors (Lipinski definition) is 1. The van der Waals surface area contributed by atoms with Crippen molar-refractivity contribution >= 4 is 5.97 Å². The predicted molar refractivity (Wildman–Crippen MR) is 64.3 cm³/mol. The third kappa shape index (κ3) is 1.95. The summed E-state index contributed by atoms with van der Waals surface area (Å²) in [5.41, 5.74) is 1.24. The van der Waals surface area contributed by atoms with Gasteiger partial charge in [0.05, 0.1) is 12.8 Å². The first-order valence-corrected chi connectivity index (χ1v) is 5.27. The van der Waals surface area contributed by atoms with Crippen LogP contribution in [0, 0.1) is 5.82 Å². The number of methoxy groups -OCH3 is 1. The number of carbonyl (C=O) groups is 1. The number of halogens is 1. The summed E-state index contributed by atoms with van der Waals surface area (Å²) >= 11 is 0. The molecule has 4 nitrogen and oxygen atoms in total. The zero-order valence-electron chi connectivity index (χ0n) is 9.98. The van der Waals surface area contributed by atoms with E-state index >= 15 is 0 Å². The van der Waals surface area contributed by atoms with Crippen molar-refractivity contribution in [3.63, 3.8) is 0 Å². The summed E-state index contributed by atoms with van der Waals surface area (Å²) < 4.78 is 19.9. The van der Waals surface area contributed by atoms with E-state index in [4.69, 9.17) is 9.84 Å². The lowest BCUT2D eigenvalue weighted by Crippen LogP contribution is -2.05. The molecule has 0 unspecified atom stereocenters. The predicted octanol–water partition coefficient (Wildman–Crippen LogP) is 2.54. The van der Waals surface area contributed by atoms with E-state index < -0.39 is 11.8 Å². The standard InChI is InChI=1S/C13H12FNO3/c1-15-10(4-5-11(15)13(16)17)9-7-8(14)3-6-12(9)18-2/h3-7H,1-2H3,(H,16,17). The highest BCUT2D eigenvalue weighted by Gasteiger charge is 2.15. The molecule has 1 heterocycles. The minimum absolute atomic E-state index is 0.135. The Hall–Kier alpha value is -2.30. The number of carboxylic acid groups (broad SMARTS) is 1. The van der Waals surface area contributed by atoms with Crippen LogP contribution in [0.15, 0.2) is 30.3 Å². The van der Waals surface area contributed by atoms with Gasteiger partial charge < -0.3 is 14.4 Å². The quantitative estimate of drug-likeness (QED) is 0.909. The second kappa shape index (κ2) is 4.52. The Bertz CT molecular complexity index is 604. The summed E-state index contributed by atoms with van der Waals surface area (Å²) in [6.45, 7) is 0. The second-order valence-electron chi connectivity index (χ2n) is 3.81. The molecule has 0 saturated carbocycles. The van der Waals surface area contributed by atoms with Crippen molar-refractivity contribution < 1.29 is 19.0 Å². The number of benzene rings is 1. The van der Waals surface area contributed by atoms with E-state index in [1.165, 1.54) is 35.9 Å². The number of nitrogens with zero attached hydrogens (tertiary/aromatic N) is 1. The molecule has 0 aliphatic carbocycles. The molecule has 0 bridgehead atoms. The van der Waals surface area contributed by atoms with E-state index in [0.29, 0.717) is 17.0 Å². The molecular weight excluding hydrogens is 237 g/mol. The van der Waals surface area contributed by atoms with E-state index in [2.05, 4.69) is 0 Å². The summed E-state index contributed by atoms with van der Waals surface area (Å²) in [6, 6.07) is 7.23. The highest BCUT2D eigenvalue weighted by atomic mass is 19.1. The van der Waals surface area contributed by atoms with Crippen LogP contribution in [0.3, 0.4) is 0 Å². The maximum absolute atomic E-state index is 13.3. The smallest absolute Gasteiger partial charge is 0.352 e. The zero-order valence-corrected chi connectivity index (χ0v) is 9.98. The summed E-state index contributed by atoms with van der Waals surface area (Å²) in [4.78, 5) is 11.0. The SMILES string of the molecule is COc1ccc(F)cc1-c1ccc(C(=O)O)n1C. The molecule has 94 valence electrons. The number of carboxylic acids is 1. The molecule has 18 heavy (non-hydrogen) atoms. The highest BCUT2D eigenvalue weighted by Crippen LogP contribution is 2.31. The lowest BCUT2D eigenvalue weighted by Gasteiger charge is -2.10. The van der Waals surface area contributed by atoms with Gasteiger partial charge in [-0.15, -0.1) is 0 Å². The van der Waals surface area contributed by atoms with Crippen LogP contribution in [0.5, 0.6) is 5.75 Å². The summed E-state index contributed by atoms with van der Waals surface area (Å²) in [6.07, 6.45) is 0. The first-order valence-electron chi connectivity index (χ1n) is 5.27. The molecule has 0 spiro atoms. The average Bonchev–Trinajstić information content (AvgIpc) is 2.71. The lowest BCUT2D eigenvalue weighted by molar-refractivity contribution is 0.0686. The maximum atomic E-state index is 13.3. The number of aromatic nitrogens is 1. The van der Waals surface area contributed by atoms with Crippen molar-refractivity contribution in [2.24, 2.45) is 7.05 Å². The monoisotopic (exact) mass is 249 g/mol. The maximum Gasteiger partial charge on any atom is 0.352 e. The number of rotatable bonds is 3. The van der Waals surface area contributed by atoms with Gasteiger partial charge in [-0.05, 0) is 30.3 Å². The molecular formula is C13H12FNO3. The number of aromatic carboxylic acids is 1. The molecule has 2 rings (SSSR count). The van der Waals surface area contributed by atoms with Crippen molar-refractivity contribution in [2.45, 2.75) is 0 Å². The topological polar surface area (TPSA) is 51.5 Å². The molecule has 0 aliphatic heterocycles. The summed E-state index contributed by atoms with van der Waals surface area (Å²) in [7, 11) is 3.10. The fourth-order valence-electron chi connectivity index (χ4n) is 1.88. The Labute approximate surface area is 103 Å². The largest absolute Gasteiger partial charge is 0.496 e. The van der Waals surface area contributed by atoms with Gasteiger partial charge in [0.15, 0.2) is 0 Å². The normalized spacial score (nSPS) is 10.4. The van der Waals surface area contributed by atoms with E-state index in [9.17, 15) is 9.18 Å². The van der Waals surface area contributed by atoms with Crippen LogP contribution in [-0.2, 0) is 7.05 Å².